The van der Waals surface area contributed by atoms with Crippen molar-refractivity contribution in [3.8, 4) is 0 Å². The van der Waals surface area contributed by atoms with E-state index >= 15 is 0 Å². The Kier molecular flexibility index (Phi) is 7.30. The van der Waals surface area contributed by atoms with Crippen LogP contribution in [0.3, 0.4) is 0 Å². The lowest BCUT2D eigenvalue weighted by Gasteiger charge is -1.89. The molecule has 1 aliphatic rings. The molecule has 1 fully saturated rings. The van der Waals surface area contributed by atoms with Crippen molar-refractivity contribution in [3.05, 3.63) is 10.4 Å². The monoisotopic (exact) mass is 203 g/mol. The van der Waals surface area contributed by atoms with E-state index in [1.165, 1.54) is 6.92 Å². The van der Waals surface area contributed by atoms with E-state index in [9.17, 15) is 4.79 Å². The molecule has 0 aliphatic carbocycles. The summed E-state index contributed by atoms with van der Waals surface area (Å²) in [6, 6.07) is 0. The highest BCUT2D eigenvalue weighted by atomic mass is 16.7. The molecule has 80 valence electrons. The predicted octanol–water partition coefficient (Wildman–Crippen LogP) is 1.20. The molecule has 7 heteroatoms. The van der Waals surface area contributed by atoms with E-state index in [0.717, 1.165) is 6.61 Å². The summed E-state index contributed by atoms with van der Waals surface area (Å²) in [5, 5.41) is 2.85. The molecule has 7 nitrogen and oxygen atoms in total. The largest absolute Gasteiger partial charge is 0.466 e. The van der Waals surface area contributed by atoms with Crippen LogP contribution < -0.4 is 0 Å². The number of esters is 1. The third kappa shape index (κ3) is 10.5. The Balaban J connectivity index is 0.000000255. The summed E-state index contributed by atoms with van der Waals surface area (Å²) in [5.41, 5.74) is 7.69. The number of hydrogen-bond acceptors (Lipinski definition) is 5. The molecule has 0 spiro atoms. The van der Waals surface area contributed by atoms with Crippen LogP contribution in [0.25, 0.3) is 10.4 Å². The van der Waals surface area contributed by atoms with Gasteiger partial charge >= 0.3 is 5.97 Å². The maximum atomic E-state index is 9.82. The first-order chi connectivity index (χ1) is 6.70. The Hall–Kier alpha value is -1.46. The van der Waals surface area contributed by atoms with E-state index in [-0.39, 0.29) is 12.1 Å². The van der Waals surface area contributed by atoms with Crippen LogP contribution in [0.2, 0.25) is 0 Å². The zero-order valence-electron chi connectivity index (χ0n) is 8.17. The molecule has 1 rings (SSSR count). The number of nitrogens with zero attached hydrogens (tertiary/aromatic N) is 3. The summed E-state index contributed by atoms with van der Waals surface area (Å²) in [6.45, 7) is 4.76. The van der Waals surface area contributed by atoms with Gasteiger partial charge in [-0.2, -0.15) is 0 Å². The van der Waals surface area contributed by atoms with Crippen molar-refractivity contribution in [1.29, 1.82) is 0 Å². The second-order valence-electron chi connectivity index (χ2n) is 2.35. The number of hydrogen-bond donors (Lipinski definition) is 0. The maximum Gasteiger partial charge on any atom is 0.302 e. The molecule has 0 amide bonds. The highest BCUT2D eigenvalue weighted by molar-refractivity contribution is 5.65. The molecule has 0 saturated carbocycles. The van der Waals surface area contributed by atoms with E-state index < -0.39 is 0 Å². The van der Waals surface area contributed by atoms with Crippen LogP contribution in [0.4, 0.5) is 0 Å². The van der Waals surface area contributed by atoms with Gasteiger partial charge in [-0.15, -0.1) is 0 Å². The van der Waals surface area contributed by atoms with Crippen molar-refractivity contribution in [2.24, 2.45) is 5.28 Å². The summed E-state index contributed by atoms with van der Waals surface area (Å²) in [4.78, 5) is 16.6. The molecule has 0 aromatic carbocycles. The van der Waals surface area contributed by atoms with Gasteiger partial charge < -0.3 is 14.3 Å². The Morgan fingerprint density at radius 1 is 1.79 bits per heavy atom. The van der Waals surface area contributed by atoms with Crippen LogP contribution in [0.1, 0.15) is 13.8 Å². The van der Waals surface area contributed by atoms with Crippen LogP contribution in [-0.2, 0) is 19.1 Å². The average molecular weight is 203 g/mol. The number of epoxide rings is 1. The van der Waals surface area contributed by atoms with E-state index in [1.54, 1.807) is 6.92 Å². The first kappa shape index (κ1) is 12.5. The van der Waals surface area contributed by atoms with Crippen LogP contribution >= 0.6 is 0 Å². The van der Waals surface area contributed by atoms with Gasteiger partial charge in [-0.1, -0.05) is 0 Å². The Bertz CT molecular complexity index is 211. The second-order valence-corrected chi connectivity index (χ2v) is 2.35. The molecule has 14 heavy (non-hydrogen) atoms. The highest BCUT2D eigenvalue weighted by Gasteiger charge is 2.22. The topological polar surface area (TPSA) is 96.8 Å². The molecule has 0 bridgehead atoms. The van der Waals surface area contributed by atoms with Gasteiger partial charge in [0, 0.05) is 11.8 Å². The SMILES string of the molecule is CCOC(C)=O.[N-]=[N+]=NOCC1CO1. The lowest BCUT2D eigenvalue weighted by Crippen LogP contribution is -1.95. The minimum Gasteiger partial charge on any atom is -0.466 e. The van der Waals surface area contributed by atoms with Crippen molar-refractivity contribution in [3.63, 3.8) is 0 Å². The van der Waals surface area contributed by atoms with Gasteiger partial charge in [0.25, 0.3) is 0 Å². The third-order valence-corrected chi connectivity index (χ3v) is 1.10. The smallest absolute Gasteiger partial charge is 0.302 e. The Morgan fingerprint density at radius 3 is 2.71 bits per heavy atom. The minimum atomic E-state index is -0.211. The standard InChI is InChI=1S/C4H8O2.C3H5N3O2/c1-3-6-4(2)5;4-5-6-8-2-3-1-7-3/h3H2,1-2H3;3H,1-2H2. The second kappa shape index (κ2) is 8.15. The summed E-state index contributed by atoms with van der Waals surface area (Å²) >= 11 is 0. The van der Waals surface area contributed by atoms with Gasteiger partial charge in [-0.05, 0) is 12.5 Å². The summed E-state index contributed by atoms with van der Waals surface area (Å²) in [5.74, 6) is -0.211. The Morgan fingerprint density at radius 2 is 2.43 bits per heavy atom. The quantitative estimate of drug-likeness (QED) is 0.171. The molecule has 1 unspecified atom stereocenters. The zero-order chi connectivity index (χ0) is 10.8. The lowest BCUT2D eigenvalue weighted by molar-refractivity contribution is -0.140. The summed E-state index contributed by atoms with van der Waals surface area (Å²) in [6.07, 6.45) is 0.167. The van der Waals surface area contributed by atoms with Crippen molar-refractivity contribution in [2.75, 3.05) is 19.8 Å². The predicted molar refractivity (Wildman–Crippen MR) is 47.1 cm³/mol. The van der Waals surface area contributed by atoms with Gasteiger partial charge in [-0.3, -0.25) is 4.79 Å². The molecule has 0 aromatic rings. The highest BCUT2D eigenvalue weighted by Crippen LogP contribution is 2.08. The van der Waals surface area contributed by atoms with Gasteiger partial charge in [-0.25, -0.2) is 0 Å². The fraction of sp³-hybridized carbons (Fsp3) is 0.857. The van der Waals surface area contributed by atoms with Gasteiger partial charge in [0.2, 0.25) is 0 Å². The van der Waals surface area contributed by atoms with E-state index in [4.69, 9.17) is 10.3 Å². The van der Waals surface area contributed by atoms with E-state index in [2.05, 4.69) is 19.8 Å². The lowest BCUT2D eigenvalue weighted by atomic mass is 10.5. The molecule has 1 heterocycles. The zero-order valence-corrected chi connectivity index (χ0v) is 8.17. The fourth-order valence-corrected chi connectivity index (χ4v) is 0.510. The maximum absolute atomic E-state index is 9.82. The normalized spacial score (nSPS) is 16.9. The number of carbonyl (C=O) groups excluding carboxylic acids is 1. The Labute approximate surface area is 81.5 Å². The van der Waals surface area contributed by atoms with Crippen LogP contribution in [0, 0.1) is 0 Å². The number of azide groups is 1. The van der Waals surface area contributed by atoms with Crippen LogP contribution in [0.5, 0.6) is 0 Å². The molecule has 0 N–H and O–H groups in total. The van der Waals surface area contributed by atoms with Crippen molar-refractivity contribution >= 4 is 5.97 Å². The molecule has 0 radical (unpaired) electrons. The molecular weight excluding hydrogens is 190 g/mol. The van der Waals surface area contributed by atoms with Crippen molar-refractivity contribution in [1.82, 2.24) is 0 Å². The third-order valence-electron chi connectivity index (χ3n) is 1.10. The molecule has 0 aromatic heterocycles. The van der Waals surface area contributed by atoms with Gasteiger partial charge in [0.05, 0.1) is 13.2 Å². The van der Waals surface area contributed by atoms with Gasteiger partial charge in [0.1, 0.15) is 18.0 Å². The molecule has 1 aliphatic heterocycles. The first-order valence-electron chi connectivity index (χ1n) is 4.12. The van der Waals surface area contributed by atoms with Crippen molar-refractivity contribution < 1.29 is 19.1 Å². The summed E-state index contributed by atoms with van der Waals surface area (Å²) < 4.78 is 9.15. The molecule has 1 saturated heterocycles. The first-order valence-corrected chi connectivity index (χ1v) is 4.12. The minimum absolute atomic E-state index is 0.167. The molecular formula is C7H13N3O4. The fourth-order valence-electron chi connectivity index (χ4n) is 0.510. The van der Waals surface area contributed by atoms with Crippen LogP contribution in [0.15, 0.2) is 5.28 Å². The molecule has 1 atom stereocenters. The van der Waals surface area contributed by atoms with Gasteiger partial charge in [0.15, 0.2) is 0 Å². The number of carbonyl (C=O) groups is 1. The number of ether oxygens (including phenoxy) is 2. The van der Waals surface area contributed by atoms with Crippen molar-refractivity contribution in [2.45, 2.75) is 20.0 Å². The average Bonchev–Trinajstić information content (AvgIpc) is 2.89. The van der Waals surface area contributed by atoms with E-state index in [1.807, 2.05) is 0 Å². The summed E-state index contributed by atoms with van der Waals surface area (Å²) in [7, 11) is 0. The number of rotatable bonds is 4. The van der Waals surface area contributed by atoms with E-state index in [0.29, 0.717) is 13.2 Å². The van der Waals surface area contributed by atoms with Crippen LogP contribution in [-0.4, -0.2) is 31.9 Å².